The van der Waals surface area contributed by atoms with Crippen LogP contribution in [0.15, 0.2) is 48.8 Å². The number of pyridine rings is 1. The first-order valence-corrected chi connectivity index (χ1v) is 6.79. The summed E-state index contributed by atoms with van der Waals surface area (Å²) >= 11 is 0. The van der Waals surface area contributed by atoms with E-state index in [9.17, 15) is 14.4 Å². The normalized spacial score (nSPS) is 11.3. The van der Waals surface area contributed by atoms with E-state index in [0.717, 1.165) is 0 Å². The Balaban J connectivity index is 1.94. The third kappa shape index (κ3) is 4.37. The van der Waals surface area contributed by atoms with Gasteiger partial charge in [0.2, 0.25) is 5.91 Å². The number of anilines is 1. The van der Waals surface area contributed by atoms with E-state index in [4.69, 9.17) is 10.5 Å². The first kappa shape index (κ1) is 16.2. The summed E-state index contributed by atoms with van der Waals surface area (Å²) in [4.78, 5) is 38.6. The fourth-order valence-electron chi connectivity index (χ4n) is 1.73. The van der Waals surface area contributed by atoms with Crippen molar-refractivity contribution < 1.29 is 19.1 Å². The van der Waals surface area contributed by atoms with Gasteiger partial charge in [0, 0.05) is 23.6 Å². The molecule has 0 aliphatic carbocycles. The van der Waals surface area contributed by atoms with Gasteiger partial charge < -0.3 is 15.8 Å². The van der Waals surface area contributed by atoms with Crippen molar-refractivity contribution in [2.45, 2.75) is 13.0 Å². The van der Waals surface area contributed by atoms with Gasteiger partial charge in [-0.1, -0.05) is 0 Å². The van der Waals surface area contributed by atoms with Crippen molar-refractivity contribution in [3.63, 3.8) is 0 Å². The molecule has 0 bridgehead atoms. The Kier molecular flexibility index (Phi) is 5.03. The molecule has 0 aliphatic heterocycles. The zero-order chi connectivity index (χ0) is 16.8. The summed E-state index contributed by atoms with van der Waals surface area (Å²) in [6.45, 7) is 1.46. The van der Waals surface area contributed by atoms with Crippen LogP contribution in [0.5, 0.6) is 0 Å². The molecular formula is C16H15N3O4. The smallest absolute Gasteiger partial charge is 0.339 e. The van der Waals surface area contributed by atoms with Gasteiger partial charge in [-0.2, -0.15) is 0 Å². The number of carbonyl (C=O) groups is 3. The second kappa shape index (κ2) is 7.17. The molecule has 0 spiro atoms. The third-order valence-corrected chi connectivity index (χ3v) is 3.01. The molecule has 0 fully saturated rings. The van der Waals surface area contributed by atoms with Crippen LogP contribution in [-0.4, -0.2) is 28.9 Å². The van der Waals surface area contributed by atoms with Crippen molar-refractivity contribution in [1.29, 1.82) is 0 Å². The van der Waals surface area contributed by atoms with E-state index in [1.165, 1.54) is 55.7 Å². The van der Waals surface area contributed by atoms with Gasteiger partial charge in [0.15, 0.2) is 6.10 Å². The molecule has 7 nitrogen and oxygen atoms in total. The van der Waals surface area contributed by atoms with Crippen LogP contribution < -0.4 is 11.1 Å². The average Bonchev–Trinajstić information content (AvgIpc) is 2.56. The Hall–Kier alpha value is -3.22. The van der Waals surface area contributed by atoms with Crippen molar-refractivity contribution in [1.82, 2.24) is 4.98 Å². The molecule has 0 saturated heterocycles. The molecule has 1 unspecified atom stereocenters. The lowest BCUT2D eigenvalue weighted by Crippen LogP contribution is -2.30. The summed E-state index contributed by atoms with van der Waals surface area (Å²) in [5.41, 5.74) is 6.24. The van der Waals surface area contributed by atoms with Crippen LogP contribution in [-0.2, 0) is 9.53 Å². The zero-order valence-corrected chi connectivity index (χ0v) is 12.4. The van der Waals surface area contributed by atoms with Crippen LogP contribution in [0.2, 0.25) is 0 Å². The summed E-state index contributed by atoms with van der Waals surface area (Å²) in [7, 11) is 0. The number of esters is 1. The van der Waals surface area contributed by atoms with Gasteiger partial charge in [0.05, 0.1) is 5.56 Å². The highest BCUT2D eigenvalue weighted by Gasteiger charge is 2.19. The van der Waals surface area contributed by atoms with Gasteiger partial charge in [0.25, 0.3) is 5.91 Å². The summed E-state index contributed by atoms with van der Waals surface area (Å²) < 4.78 is 5.08. The minimum absolute atomic E-state index is 0.311. The number of hydrogen-bond acceptors (Lipinski definition) is 5. The van der Waals surface area contributed by atoms with Gasteiger partial charge >= 0.3 is 5.97 Å². The van der Waals surface area contributed by atoms with Crippen molar-refractivity contribution >= 4 is 23.5 Å². The highest BCUT2D eigenvalue weighted by Crippen LogP contribution is 2.11. The largest absolute Gasteiger partial charge is 0.449 e. The van der Waals surface area contributed by atoms with E-state index >= 15 is 0 Å². The lowest BCUT2D eigenvalue weighted by Gasteiger charge is -2.13. The molecule has 1 aromatic heterocycles. The Labute approximate surface area is 132 Å². The van der Waals surface area contributed by atoms with E-state index in [1.54, 1.807) is 0 Å². The maximum Gasteiger partial charge on any atom is 0.339 e. The minimum Gasteiger partial charge on any atom is -0.449 e. The topological polar surface area (TPSA) is 111 Å². The van der Waals surface area contributed by atoms with Crippen LogP contribution >= 0.6 is 0 Å². The number of nitrogens with zero attached hydrogens (tertiary/aromatic N) is 1. The molecule has 0 radical (unpaired) electrons. The molecule has 23 heavy (non-hydrogen) atoms. The Morgan fingerprint density at radius 2 is 1.65 bits per heavy atom. The predicted octanol–water partition coefficient (Wildman–Crippen LogP) is 1.36. The fraction of sp³-hybridized carbons (Fsp3) is 0.125. The number of aromatic nitrogens is 1. The van der Waals surface area contributed by atoms with Crippen LogP contribution in [0, 0.1) is 0 Å². The van der Waals surface area contributed by atoms with Crippen molar-refractivity contribution in [2.75, 3.05) is 5.32 Å². The average molecular weight is 313 g/mol. The quantitative estimate of drug-likeness (QED) is 0.810. The summed E-state index contributed by atoms with van der Waals surface area (Å²) in [5, 5.41) is 2.58. The summed E-state index contributed by atoms with van der Waals surface area (Å²) in [6.07, 6.45) is 1.94. The van der Waals surface area contributed by atoms with Crippen LogP contribution in [0.1, 0.15) is 27.6 Å². The maximum absolute atomic E-state index is 12.0. The molecule has 2 rings (SSSR count). The molecule has 1 aromatic carbocycles. The number of ether oxygens (including phenoxy) is 1. The Morgan fingerprint density at radius 3 is 2.22 bits per heavy atom. The Morgan fingerprint density at radius 1 is 1.04 bits per heavy atom. The number of amides is 2. The predicted molar refractivity (Wildman–Crippen MR) is 82.7 cm³/mol. The highest BCUT2D eigenvalue weighted by molar-refractivity contribution is 5.98. The summed E-state index contributed by atoms with van der Waals surface area (Å²) in [6, 6.07) is 9.05. The number of nitrogens with one attached hydrogen (secondary N) is 1. The minimum atomic E-state index is -0.980. The molecule has 2 aromatic rings. The monoisotopic (exact) mass is 313 g/mol. The van der Waals surface area contributed by atoms with Crippen LogP contribution in [0.25, 0.3) is 0 Å². The van der Waals surface area contributed by atoms with E-state index < -0.39 is 23.9 Å². The van der Waals surface area contributed by atoms with Gasteiger partial charge in [-0.15, -0.1) is 0 Å². The zero-order valence-electron chi connectivity index (χ0n) is 12.4. The lowest BCUT2D eigenvalue weighted by atomic mass is 10.2. The maximum atomic E-state index is 12.0. The fourth-order valence-corrected chi connectivity index (χ4v) is 1.73. The molecule has 0 aliphatic rings. The summed E-state index contributed by atoms with van der Waals surface area (Å²) in [5.74, 6) is -1.65. The number of primary amides is 1. The van der Waals surface area contributed by atoms with Crippen LogP contribution in [0.4, 0.5) is 5.69 Å². The van der Waals surface area contributed by atoms with Crippen LogP contribution in [0.3, 0.4) is 0 Å². The second-order valence-electron chi connectivity index (χ2n) is 4.71. The van der Waals surface area contributed by atoms with Gasteiger partial charge in [-0.05, 0) is 43.3 Å². The van der Waals surface area contributed by atoms with E-state index in [-0.39, 0.29) is 0 Å². The molecular weight excluding hydrogens is 298 g/mol. The molecule has 2 amide bonds. The number of nitrogens with two attached hydrogens (primary N) is 1. The molecule has 7 heteroatoms. The third-order valence-electron chi connectivity index (χ3n) is 3.01. The molecule has 0 saturated carbocycles. The second-order valence-corrected chi connectivity index (χ2v) is 4.71. The van der Waals surface area contributed by atoms with E-state index in [2.05, 4.69) is 10.3 Å². The molecule has 1 atom stereocenters. The number of rotatable bonds is 5. The number of benzene rings is 1. The van der Waals surface area contributed by atoms with E-state index in [1.807, 2.05) is 0 Å². The number of carbonyl (C=O) groups excluding carboxylic acids is 3. The van der Waals surface area contributed by atoms with E-state index in [0.29, 0.717) is 16.8 Å². The highest BCUT2D eigenvalue weighted by atomic mass is 16.5. The van der Waals surface area contributed by atoms with Gasteiger partial charge in [0.1, 0.15) is 0 Å². The van der Waals surface area contributed by atoms with Crippen molar-refractivity contribution in [3.05, 3.63) is 59.9 Å². The first-order valence-electron chi connectivity index (χ1n) is 6.79. The Bertz CT molecular complexity index is 714. The molecule has 3 N–H and O–H groups in total. The van der Waals surface area contributed by atoms with Crippen molar-refractivity contribution in [2.24, 2.45) is 5.73 Å². The SMILES string of the molecule is CC(OC(=O)c1ccncc1)C(=O)Nc1ccc(C(N)=O)cc1. The van der Waals surface area contributed by atoms with Crippen molar-refractivity contribution in [3.8, 4) is 0 Å². The molecule has 118 valence electrons. The first-order chi connectivity index (χ1) is 11.0. The van der Waals surface area contributed by atoms with Gasteiger partial charge in [-0.25, -0.2) is 4.79 Å². The number of hydrogen-bond donors (Lipinski definition) is 2. The standard InChI is InChI=1S/C16H15N3O4/c1-10(23-16(22)12-6-8-18-9-7-12)15(21)19-13-4-2-11(3-5-13)14(17)20/h2-10H,1H3,(H2,17,20)(H,19,21). The lowest BCUT2D eigenvalue weighted by molar-refractivity contribution is -0.123. The van der Waals surface area contributed by atoms with Gasteiger partial charge in [-0.3, -0.25) is 14.6 Å². The molecule has 1 heterocycles.